The number of pyridine rings is 1. The monoisotopic (exact) mass is 188 g/mol. The highest BCUT2D eigenvalue weighted by atomic mass is 15.0. The van der Waals surface area contributed by atoms with Gasteiger partial charge in [-0.3, -0.25) is 4.98 Å². The van der Waals surface area contributed by atoms with Crippen molar-refractivity contribution < 1.29 is 0 Å². The van der Waals surface area contributed by atoms with Crippen LogP contribution in [-0.2, 0) is 7.05 Å². The molecule has 2 aromatic heterocycles. The molecule has 2 heterocycles. The Kier molecular flexibility index (Phi) is 2.28. The van der Waals surface area contributed by atoms with E-state index in [0.717, 1.165) is 11.3 Å². The molecule has 4 nitrogen and oxygen atoms in total. The SMILES string of the molecule is Cn1cncc1C(N)c1cccnc1. The summed E-state index contributed by atoms with van der Waals surface area (Å²) in [6.07, 6.45) is 7.03. The minimum Gasteiger partial charge on any atom is -0.336 e. The molecule has 2 aromatic rings. The molecule has 4 heteroatoms. The number of aromatic nitrogens is 3. The molecule has 1 atom stereocenters. The Morgan fingerprint density at radius 3 is 2.79 bits per heavy atom. The molecule has 1 unspecified atom stereocenters. The lowest BCUT2D eigenvalue weighted by Crippen LogP contribution is -2.15. The summed E-state index contributed by atoms with van der Waals surface area (Å²) in [4.78, 5) is 8.07. The van der Waals surface area contributed by atoms with Crippen LogP contribution in [0.15, 0.2) is 37.1 Å². The van der Waals surface area contributed by atoms with E-state index in [0.29, 0.717) is 0 Å². The van der Waals surface area contributed by atoms with Crippen molar-refractivity contribution in [2.75, 3.05) is 0 Å². The van der Waals surface area contributed by atoms with Crippen LogP contribution in [0.25, 0.3) is 0 Å². The van der Waals surface area contributed by atoms with Crippen molar-refractivity contribution in [2.45, 2.75) is 6.04 Å². The smallest absolute Gasteiger partial charge is 0.0946 e. The number of imidazole rings is 1. The molecule has 0 amide bonds. The average Bonchev–Trinajstić information content (AvgIpc) is 2.65. The maximum atomic E-state index is 6.06. The third-order valence-electron chi connectivity index (χ3n) is 2.22. The summed E-state index contributed by atoms with van der Waals surface area (Å²) < 4.78 is 1.91. The van der Waals surface area contributed by atoms with Gasteiger partial charge in [-0.15, -0.1) is 0 Å². The number of nitrogens with zero attached hydrogens (tertiary/aromatic N) is 3. The first-order valence-corrected chi connectivity index (χ1v) is 4.41. The van der Waals surface area contributed by atoms with Gasteiger partial charge in [-0.05, 0) is 11.6 Å². The summed E-state index contributed by atoms with van der Waals surface area (Å²) >= 11 is 0. The molecule has 0 radical (unpaired) electrons. The second-order valence-electron chi connectivity index (χ2n) is 3.19. The van der Waals surface area contributed by atoms with Gasteiger partial charge in [0.1, 0.15) is 0 Å². The van der Waals surface area contributed by atoms with Crippen LogP contribution in [0.1, 0.15) is 17.3 Å². The van der Waals surface area contributed by atoms with Crippen molar-refractivity contribution in [2.24, 2.45) is 12.8 Å². The van der Waals surface area contributed by atoms with Gasteiger partial charge >= 0.3 is 0 Å². The quantitative estimate of drug-likeness (QED) is 0.760. The molecular formula is C10H12N4. The average molecular weight is 188 g/mol. The first kappa shape index (κ1) is 8.90. The van der Waals surface area contributed by atoms with E-state index >= 15 is 0 Å². The van der Waals surface area contributed by atoms with E-state index in [-0.39, 0.29) is 6.04 Å². The van der Waals surface area contributed by atoms with Crippen molar-refractivity contribution in [1.82, 2.24) is 14.5 Å². The fraction of sp³-hybridized carbons (Fsp3) is 0.200. The van der Waals surface area contributed by atoms with Crippen molar-refractivity contribution in [3.8, 4) is 0 Å². The minimum absolute atomic E-state index is 0.156. The number of hydrogen-bond acceptors (Lipinski definition) is 3. The van der Waals surface area contributed by atoms with Crippen LogP contribution in [0.4, 0.5) is 0 Å². The molecule has 0 saturated heterocycles. The summed E-state index contributed by atoms with van der Waals surface area (Å²) in [5.74, 6) is 0. The molecule has 0 spiro atoms. The lowest BCUT2D eigenvalue weighted by atomic mass is 10.1. The Labute approximate surface area is 82.4 Å². The second-order valence-corrected chi connectivity index (χ2v) is 3.19. The topological polar surface area (TPSA) is 56.7 Å². The van der Waals surface area contributed by atoms with E-state index < -0.39 is 0 Å². The zero-order chi connectivity index (χ0) is 9.97. The van der Waals surface area contributed by atoms with Gasteiger partial charge in [-0.2, -0.15) is 0 Å². The predicted octanol–water partition coefficient (Wildman–Crippen LogP) is 0.863. The van der Waals surface area contributed by atoms with Gasteiger partial charge in [-0.1, -0.05) is 6.07 Å². The highest BCUT2D eigenvalue weighted by Crippen LogP contribution is 2.16. The Morgan fingerprint density at radius 2 is 2.21 bits per heavy atom. The number of hydrogen-bond donors (Lipinski definition) is 1. The molecule has 2 N–H and O–H groups in total. The molecule has 0 aliphatic rings. The van der Waals surface area contributed by atoms with Crippen molar-refractivity contribution in [3.05, 3.63) is 48.3 Å². The van der Waals surface area contributed by atoms with Gasteiger partial charge in [0, 0.05) is 19.4 Å². The Balaban J connectivity index is 2.34. The zero-order valence-electron chi connectivity index (χ0n) is 7.96. The highest BCUT2D eigenvalue weighted by molar-refractivity contribution is 5.23. The third-order valence-corrected chi connectivity index (χ3v) is 2.22. The van der Waals surface area contributed by atoms with Gasteiger partial charge in [0.25, 0.3) is 0 Å². The number of rotatable bonds is 2. The number of aryl methyl sites for hydroxylation is 1. The summed E-state index contributed by atoms with van der Waals surface area (Å²) in [6, 6.07) is 3.69. The van der Waals surface area contributed by atoms with Crippen molar-refractivity contribution in [1.29, 1.82) is 0 Å². The van der Waals surface area contributed by atoms with Crippen LogP contribution in [0.2, 0.25) is 0 Å². The normalized spacial score (nSPS) is 12.7. The standard InChI is InChI=1S/C10H12N4/c1-14-7-13-6-9(14)10(11)8-3-2-4-12-5-8/h2-7,10H,11H2,1H3. The predicted molar refractivity (Wildman–Crippen MR) is 53.5 cm³/mol. The molecule has 2 rings (SSSR count). The van der Waals surface area contributed by atoms with E-state index in [1.54, 1.807) is 24.9 Å². The van der Waals surface area contributed by atoms with E-state index in [1.165, 1.54) is 0 Å². The second kappa shape index (κ2) is 3.59. The molecule has 0 aromatic carbocycles. The molecule has 14 heavy (non-hydrogen) atoms. The molecule has 0 bridgehead atoms. The fourth-order valence-corrected chi connectivity index (χ4v) is 1.40. The summed E-state index contributed by atoms with van der Waals surface area (Å²) in [5, 5.41) is 0. The number of nitrogens with two attached hydrogens (primary N) is 1. The van der Waals surface area contributed by atoms with Gasteiger partial charge in [-0.25, -0.2) is 4.98 Å². The lowest BCUT2D eigenvalue weighted by molar-refractivity contribution is 0.743. The Hall–Kier alpha value is -1.68. The van der Waals surface area contributed by atoms with E-state index in [2.05, 4.69) is 9.97 Å². The van der Waals surface area contributed by atoms with E-state index in [4.69, 9.17) is 5.73 Å². The molecule has 0 aliphatic heterocycles. The molecule has 0 saturated carbocycles. The maximum absolute atomic E-state index is 6.06. The Bertz CT molecular complexity index is 407. The fourth-order valence-electron chi connectivity index (χ4n) is 1.40. The van der Waals surface area contributed by atoms with Crippen LogP contribution in [-0.4, -0.2) is 14.5 Å². The van der Waals surface area contributed by atoms with Gasteiger partial charge in [0.2, 0.25) is 0 Å². The van der Waals surface area contributed by atoms with Gasteiger partial charge in [0.15, 0.2) is 0 Å². The van der Waals surface area contributed by atoms with Crippen molar-refractivity contribution >= 4 is 0 Å². The minimum atomic E-state index is -0.156. The Morgan fingerprint density at radius 1 is 1.36 bits per heavy atom. The van der Waals surface area contributed by atoms with Crippen LogP contribution in [0, 0.1) is 0 Å². The van der Waals surface area contributed by atoms with Crippen molar-refractivity contribution in [3.63, 3.8) is 0 Å². The van der Waals surface area contributed by atoms with E-state index in [1.807, 2.05) is 23.7 Å². The van der Waals surface area contributed by atoms with Crippen LogP contribution in [0.3, 0.4) is 0 Å². The highest BCUT2D eigenvalue weighted by Gasteiger charge is 2.11. The van der Waals surface area contributed by atoms with Gasteiger partial charge < -0.3 is 10.3 Å². The van der Waals surface area contributed by atoms with Gasteiger partial charge in [0.05, 0.1) is 24.3 Å². The summed E-state index contributed by atoms with van der Waals surface area (Å²) in [7, 11) is 1.93. The first-order chi connectivity index (χ1) is 6.79. The van der Waals surface area contributed by atoms with Crippen LogP contribution >= 0.6 is 0 Å². The van der Waals surface area contributed by atoms with Crippen LogP contribution < -0.4 is 5.73 Å². The van der Waals surface area contributed by atoms with Crippen LogP contribution in [0.5, 0.6) is 0 Å². The summed E-state index contributed by atoms with van der Waals surface area (Å²) in [5.41, 5.74) is 8.04. The molecule has 0 aliphatic carbocycles. The largest absolute Gasteiger partial charge is 0.336 e. The zero-order valence-corrected chi connectivity index (χ0v) is 7.96. The summed E-state index contributed by atoms with van der Waals surface area (Å²) in [6.45, 7) is 0. The first-order valence-electron chi connectivity index (χ1n) is 4.41. The molecular weight excluding hydrogens is 176 g/mol. The maximum Gasteiger partial charge on any atom is 0.0946 e. The van der Waals surface area contributed by atoms with E-state index in [9.17, 15) is 0 Å². The molecule has 0 fully saturated rings. The lowest BCUT2D eigenvalue weighted by Gasteiger charge is -2.11. The third kappa shape index (κ3) is 1.52. The molecule has 72 valence electrons.